The van der Waals surface area contributed by atoms with Crippen molar-refractivity contribution >= 4 is 5.95 Å². The third-order valence-corrected chi connectivity index (χ3v) is 2.55. The van der Waals surface area contributed by atoms with Gasteiger partial charge < -0.3 is 19.9 Å². The lowest BCUT2D eigenvalue weighted by molar-refractivity contribution is 0.274. The first-order chi connectivity index (χ1) is 10.3. The van der Waals surface area contributed by atoms with E-state index < -0.39 is 0 Å². The van der Waals surface area contributed by atoms with Crippen LogP contribution in [0.1, 0.15) is 19.4 Å². The molecule has 0 aliphatic rings. The van der Waals surface area contributed by atoms with Crippen LogP contribution in [0.3, 0.4) is 0 Å². The van der Waals surface area contributed by atoms with Crippen LogP contribution >= 0.6 is 0 Å². The number of aromatic nitrogens is 3. The second-order valence-corrected chi connectivity index (χ2v) is 4.06. The smallest absolute Gasteiger partial charge is 0.330 e. The number of benzene rings is 1. The van der Waals surface area contributed by atoms with Crippen LogP contribution in [-0.2, 0) is 6.61 Å². The fraction of sp³-hybridized carbons (Fsp3) is 0.357. The largest absolute Gasteiger partial charge is 0.464 e. The summed E-state index contributed by atoms with van der Waals surface area (Å²) < 4.78 is 10.9. The highest BCUT2D eigenvalue weighted by Crippen LogP contribution is 2.24. The molecule has 0 unspecified atom stereocenters. The van der Waals surface area contributed by atoms with Gasteiger partial charge in [-0.05, 0) is 19.9 Å². The van der Waals surface area contributed by atoms with Crippen molar-refractivity contribution < 1.29 is 14.6 Å². The number of aliphatic hydroxyl groups excluding tert-OH is 1. The third kappa shape index (κ3) is 4.03. The highest BCUT2D eigenvalue weighted by atomic mass is 16.5. The lowest BCUT2D eigenvalue weighted by Gasteiger charge is -2.10. The number of anilines is 1. The number of para-hydroxylation sites is 1. The van der Waals surface area contributed by atoms with E-state index in [0.717, 1.165) is 0 Å². The van der Waals surface area contributed by atoms with E-state index in [1.165, 1.54) is 0 Å². The van der Waals surface area contributed by atoms with Crippen LogP contribution < -0.4 is 14.8 Å². The minimum absolute atomic E-state index is 0.116. The Bertz CT molecular complexity index is 568. The topological polar surface area (TPSA) is 89.4 Å². The Labute approximate surface area is 123 Å². The van der Waals surface area contributed by atoms with E-state index in [1.54, 1.807) is 12.1 Å². The van der Waals surface area contributed by atoms with Gasteiger partial charge in [-0.15, -0.1) is 4.98 Å². The maximum absolute atomic E-state index is 9.30. The summed E-state index contributed by atoms with van der Waals surface area (Å²) in [7, 11) is 0. The molecular formula is C14H18N4O3. The standard InChI is InChI=1S/C14H18N4O3/c1-3-15-12-16-13(20-4-2)18-14(17-12)21-11-8-6-5-7-10(11)9-19/h5-8,19H,3-4,9H2,1-2H3,(H,15,16,17,18). The molecule has 2 rings (SSSR count). The molecular weight excluding hydrogens is 272 g/mol. The van der Waals surface area contributed by atoms with Crippen molar-refractivity contribution in [2.24, 2.45) is 0 Å². The summed E-state index contributed by atoms with van der Waals surface area (Å²) >= 11 is 0. The van der Waals surface area contributed by atoms with Gasteiger partial charge in [0.2, 0.25) is 5.95 Å². The summed E-state index contributed by atoms with van der Waals surface area (Å²) in [4.78, 5) is 12.4. The SMILES string of the molecule is CCNc1nc(OCC)nc(Oc2ccccc2CO)n1. The summed E-state index contributed by atoms with van der Waals surface area (Å²) in [5.41, 5.74) is 0.654. The van der Waals surface area contributed by atoms with Crippen molar-refractivity contribution in [1.29, 1.82) is 0 Å². The molecule has 0 amide bonds. The molecule has 0 aliphatic heterocycles. The van der Waals surface area contributed by atoms with Crippen LogP contribution in [0.25, 0.3) is 0 Å². The van der Waals surface area contributed by atoms with Crippen molar-refractivity contribution in [3.05, 3.63) is 29.8 Å². The highest BCUT2D eigenvalue weighted by Gasteiger charge is 2.10. The van der Waals surface area contributed by atoms with Crippen molar-refractivity contribution in [1.82, 2.24) is 15.0 Å². The van der Waals surface area contributed by atoms with Gasteiger partial charge in [-0.2, -0.15) is 9.97 Å². The van der Waals surface area contributed by atoms with Gasteiger partial charge in [0.25, 0.3) is 0 Å². The number of hydrogen-bond donors (Lipinski definition) is 2. The molecule has 0 saturated carbocycles. The van der Waals surface area contributed by atoms with E-state index in [-0.39, 0.29) is 18.6 Å². The first-order valence-electron chi connectivity index (χ1n) is 6.76. The second-order valence-electron chi connectivity index (χ2n) is 4.06. The second kappa shape index (κ2) is 7.39. The molecule has 7 nitrogen and oxygen atoms in total. The highest BCUT2D eigenvalue weighted by molar-refractivity contribution is 5.36. The maximum atomic E-state index is 9.30. The normalized spacial score (nSPS) is 10.2. The number of hydrogen-bond acceptors (Lipinski definition) is 7. The van der Waals surface area contributed by atoms with Crippen LogP contribution in [0.5, 0.6) is 17.8 Å². The predicted molar refractivity (Wildman–Crippen MR) is 77.6 cm³/mol. The van der Waals surface area contributed by atoms with Gasteiger partial charge in [0.05, 0.1) is 13.2 Å². The predicted octanol–water partition coefficient (Wildman–Crippen LogP) is 1.99. The molecule has 0 aliphatic carbocycles. The lowest BCUT2D eigenvalue weighted by atomic mass is 10.2. The average Bonchev–Trinajstić information content (AvgIpc) is 2.48. The zero-order chi connectivity index (χ0) is 15.1. The Morgan fingerprint density at radius 3 is 2.57 bits per heavy atom. The van der Waals surface area contributed by atoms with Crippen LogP contribution in [-0.4, -0.2) is 33.2 Å². The van der Waals surface area contributed by atoms with Gasteiger partial charge in [0.1, 0.15) is 5.75 Å². The number of ether oxygens (including phenoxy) is 2. The molecule has 21 heavy (non-hydrogen) atoms. The van der Waals surface area contributed by atoms with Crippen LogP contribution in [0.15, 0.2) is 24.3 Å². The Kier molecular flexibility index (Phi) is 5.28. The number of aliphatic hydroxyl groups is 1. The van der Waals surface area contributed by atoms with Gasteiger partial charge >= 0.3 is 12.0 Å². The third-order valence-electron chi connectivity index (χ3n) is 2.55. The molecule has 2 N–H and O–H groups in total. The molecule has 2 aromatic rings. The fourth-order valence-electron chi connectivity index (χ4n) is 1.65. The Morgan fingerprint density at radius 2 is 1.86 bits per heavy atom. The molecule has 7 heteroatoms. The van der Waals surface area contributed by atoms with E-state index in [1.807, 2.05) is 26.0 Å². The van der Waals surface area contributed by atoms with E-state index in [4.69, 9.17) is 9.47 Å². The van der Waals surface area contributed by atoms with Crippen LogP contribution in [0.2, 0.25) is 0 Å². The van der Waals surface area contributed by atoms with Gasteiger partial charge in [0.15, 0.2) is 0 Å². The quantitative estimate of drug-likeness (QED) is 0.806. The zero-order valence-electron chi connectivity index (χ0n) is 12.0. The van der Waals surface area contributed by atoms with E-state index >= 15 is 0 Å². The molecule has 112 valence electrons. The van der Waals surface area contributed by atoms with E-state index in [9.17, 15) is 5.11 Å². The minimum Gasteiger partial charge on any atom is -0.464 e. The van der Waals surface area contributed by atoms with E-state index in [2.05, 4.69) is 20.3 Å². The monoisotopic (exact) mass is 290 g/mol. The van der Waals surface area contributed by atoms with Crippen molar-refractivity contribution in [3.8, 4) is 17.8 Å². The summed E-state index contributed by atoms with van der Waals surface area (Å²) in [6.07, 6.45) is 0. The summed E-state index contributed by atoms with van der Waals surface area (Å²) in [5.74, 6) is 0.878. The maximum Gasteiger partial charge on any atom is 0.330 e. The number of nitrogens with one attached hydrogen (secondary N) is 1. The first-order valence-corrected chi connectivity index (χ1v) is 6.76. The molecule has 0 saturated heterocycles. The molecule has 0 bridgehead atoms. The molecule has 0 atom stereocenters. The van der Waals surface area contributed by atoms with Crippen LogP contribution in [0.4, 0.5) is 5.95 Å². The van der Waals surface area contributed by atoms with Crippen LogP contribution in [0, 0.1) is 0 Å². The molecule has 0 spiro atoms. The summed E-state index contributed by atoms with van der Waals surface area (Å²) in [5, 5.41) is 12.3. The zero-order valence-corrected chi connectivity index (χ0v) is 12.0. The Balaban J connectivity index is 2.29. The fourth-order valence-corrected chi connectivity index (χ4v) is 1.65. The molecule has 1 aromatic carbocycles. The molecule has 1 heterocycles. The van der Waals surface area contributed by atoms with Crippen molar-refractivity contribution in [2.45, 2.75) is 20.5 Å². The average molecular weight is 290 g/mol. The summed E-state index contributed by atoms with van der Waals surface area (Å²) in [6, 6.07) is 7.45. The Morgan fingerprint density at radius 1 is 1.10 bits per heavy atom. The Hall–Kier alpha value is -2.41. The summed E-state index contributed by atoms with van der Waals surface area (Å²) in [6.45, 7) is 4.77. The number of nitrogens with zero attached hydrogens (tertiary/aromatic N) is 3. The van der Waals surface area contributed by atoms with Crippen molar-refractivity contribution in [3.63, 3.8) is 0 Å². The van der Waals surface area contributed by atoms with Gasteiger partial charge in [-0.3, -0.25) is 0 Å². The van der Waals surface area contributed by atoms with Gasteiger partial charge in [0, 0.05) is 12.1 Å². The molecule has 0 fully saturated rings. The minimum atomic E-state index is -0.125. The van der Waals surface area contributed by atoms with Gasteiger partial charge in [-0.25, -0.2) is 0 Å². The van der Waals surface area contributed by atoms with E-state index in [0.29, 0.717) is 30.4 Å². The van der Waals surface area contributed by atoms with Crippen molar-refractivity contribution in [2.75, 3.05) is 18.5 Å². The number of rotatable bonds is 7. The first kappa shape index (κ1) is 15.0. The molecule has 0 radical (unpaired) electrons. The molecule has 1 aromatic heterocycles. The van der Waals surface area contributed by atoms with Gasteiger partial charge in [-0.1, -0.05) is 18.2 Å². The lowest BCUT2D eigenvalue weighted by Crippen LogP contribution is -2.07.